The maximum atomic E-state index is 13.2. The van der Waals surface area contributed by atoms with E-state index in [9.17, 15) is 18.3 Å². The molecule has 0 saturated carbocycles. The molecule has 0 aliphatic carbocycles. The Kier molecular flexibility index (Phi) is 7.59. The van der Waals surface area contributed by atoms with Crippen molar-refractivity contribution in [1.82, 2.24) is 4.31 Å². The first-order valence-electron chi connectivity index (χ1n) is 8.10. The highest BCUT2D eigenvalue weighted by Crippen LogP contribution is 2.37. The van der Waals surface area contributed by atoms with E-state index in [0.717, 1.165) is 10.4 Å². The van der Waals surface area contributed by atoms with Crippen LogP contribution in [0.15, 0.2) is 35.2 Å². The summed E-state index contributed by atoms with van der Waals surface area (Å²) in [6.45, 7) is -1.04. The quantitative estimate of drug-likeness (QED) is 0.608. The monoisotopic (exact) mass is 463 g/mol. The Balaban J connectivity index is 2.54. The maximum Gasteiger partial charge on any atom is 0.318 e. The highest BCUT2D eigenvalue weighted by Gasteiger charge is 2.31. The molecule has 2 aromatic carbocycles. The zero-order chi connectivity index (χ0) is 21.8. The van der Waals surface area contributed by atoms with Gasteiger partial charge in [-0.15, -0.1) is 0 Å². The van der Waals surface area contributed by atoms with E-state index in [1.807, 2.05) is 0 Å². The summed E-state index contributed by atoms with van der Waals surface area (Å²) in [7, 11) is -0.174. The van der Waals surface area contributed by atoms with E-state index in [-0.39, 0.29) is 27.2 Å². The van der Waals surface area contributed by atoms with Crippen molar-refractivity contribution in [3.05, 3.63) is 45.9 Å². The molecule has 29 heavy (non-hydrogen) atoms. The van der Waals surface area contributed by atoms with Gasteiger partial charge in [0.15, 0.2) is 17.2 Å². The van der Waals surface area contributed by atoms with Crippen LogP contribution in [-0.2, 0) is 21.4 Å². The normalized spacial score (nSPS) is 11.4. The van der Waals surface area contributed by atoms with Crippen LogP contribution in [0.1, 0.15) is 5.56 Å². The van der Waals surface area contributed by atoms with Crippen molar-refractivity contribution in [2.24, 2.45) is 0 Å². The smallest absolute Gasteiger partial charge is 0.318 e. The SMILES string of the molecule is COc1ccc(CN(CC(=O)O)S(=O)(=O)c2cc(Cl)cc(Cl)c2OC)cc1OC. The number of nitrogens with zero attached hydrogens (tertiary/aromatic N) is 1. The fourth-order valence-electron chi connectivity index (χ4n) is 2.62. The maximum absolute atomic E-state index is 13.2. The first-order chi connectivity index (χ1) is 13.6. The molecule has 0 atom stereocenters. The molecule has 158 valence electrons. The van der Waals surface area contributed by atoms with Crippen molar-refractivity contribution >= 4 is 39.2 Å². The zero-order valence-corrected chi connectivity index (χ0v) is 18.1. The fraction of sp³-hybridized carbons (Fsp3) is 0.278. The van der Waals surface area contributed by atoms with E-state index >= 15 is 0 Å². The van der Waals surface area contributed by atoms with Crippen LogP contribution in [-0.4, -0.2) is 51.7 Å². The molecular weight excluding hydrogens is 445 g/mol. The largest absolute Gasteiger partial charge is 0.494 e. The van der Waals surface area contributed by atoms with Gasteiger partial charge in [0.05, 0.1) is 26.4 Å². The number of benzene rings is 2. The van der Waals surface area contributed by atoms with Crippen molar-refractivity contribution in [1.29, 1.82) is 0 Å². The molecule has 0 aliphatic heterocycles. The van der Waals surface area contributed by atoms with Crippen LogP contribution in [0.4, 0.5) is 0 Å². The van der Waals surface area contributed by atoms with Gasteiger partial charge in [0.1, 0.15) is 11.4 Å². The van der Waals surface area contributed by atoms with E-state index in [2.05, 4.69) is 0 Å². The molecule has 0 saturated heterocycles. The summed E-state index contributed by atoms with van der Waals surface area (Å²) in [5.41, 5.74) is 0.486. The van der Waals surface area contributed by atoms with Crippen LogP contribution >= 0.6 is 23.2 Å². The van der Waals surface area contributed by atoms with Gasteiger partial charge in [-0.3, -0.25) is 4.79 Å². The average Bonchev–Trinajstić information content (AvgIpc) is 2.66. The summed E-state index contributed by atoms with van der Waals surface area (Å²) < 4.78 is 42.7. The average molecular weight is 464 g/mol. The number of sulfonamides is 1. The number of rotatable bonds is 9. The Morgan fingerprint density at radius 1 is 1.03 bits per heavy atom. The molecule has 0 aromatic heterocycles. The molecule has 1 N–H and O–H groups in total. The van der Waals surface area contributed by atoms with Crippen LogP contribution in [0.5, 0.6) is 17.2 Å². The standard InChI is InChI=1S/C18H19Cl2NO7S/c1-26-14-5-4-11(6-15(14)27-2)9-21(10-17(22)23)29(24,25)16-8-12(19)7-13(20)18(16)28-3/h4-8H,9-10H2,1-3H3,(H,22,23). The molecule has 0 amide bonds. The van der Waals surface area contributed by atoms with E-state index in [0.29, 0.717) is 17.1 Å². The number of carboxylic acid groups (broad SMARTS) is 1. The van der Waals surface area contributed by atoms with Crippen molar-refractivity contribution in [3.8, 4) is 17.2 Å². The van der Waals surface area contributed by atoms with Crippen LogP contribution in [0.25, 0.3) is 0 Å². The molecule has 2 rings (SSSR count). The predicted molar refractivity (Wildman–Crippen MR) is 108 cm³/mol. The number of aliphatic carboxylic acids is 1. The van der Waals surface area contributed by atoms with Gasteiger partial charge < -0.3 is 19.3 Å². The van der Waals surface area contributed by atoms with Crippen LogP contribution < -0.4 is 14.2 Å². The number of methoxy groups -OCH3 is 3. The first kappa shape index (κ1) is 23.1. The topological polar surface area (TPSA) is 102 Å². The van der Waals surface area contributed by atoms with Gasteiger partial charge >= 0.3 is 5.97 Å². The first-order valence-corrected chi connectivity index (χ1v) is 10.3. The molecule has 11 heteroatoms. The van der Waals surface area contributed by atoms with Gasteiger partial charge in [0.2, 0.25) is 10.0 Å². The van der Waals surface area contributed by atoms with Crippen LogP contribution in [0.3, 0.4) is 0 Å². The number of carboxylic acids is 1. The molecule has 0 bridgehead atoms. The Labute approximate surface area is 178 Å². The van der Waals surface area contributed by atoms with Gasteiger partial charge in [0, 0.05) is 11.6 Å². The van der Waals surface area contributed by atoms with E-state index < -0.39 is 22.5 Å². The lowest BCUT2D eigenvalue weighted by Gasteiger charge is -2.22. The van der Waals surface area contributed by atoms with Gasteiger partial charge in [-0.25, -0.2) is 8.42 Å². The second-order valence-electron chi connectivity index (χ2n) is 5.78. The number of ether oxygens (including phenoxy) is 3. The number of halogens is 2. The van der Waals surface area contributed by atoms with E-state index in [4.69, 9.17) is 37.4 Å². The minimum atomic E-state index is -4.33. The Morgan fingerprint density at radius 2 is 1.69 bits per heavy atom. The summed E-state index contributed by atoms with van der Waals surface area (Å²) in [6.07, 6.45) is 0. The molecule has 2 aromatic rings. The van der Waals surface area contributed by atoms with Crippen molar-refractivity contribution in [2.45, 2.75) is 11.4 Å². The third kappa shape index (κ3) is 5.24. The zero-order valence-electron chi connectivity index (χ0n) is 15.8. The Bertz CT molecular complexity index is 1010. The summed E-state index contributed by atoms with van der Waals surface area (Å²) in [5.74, 6) is -0.631. The van der Waals surface area contributed by atoms with Crippen LogP contribution in [0, 0.1) is 0 Å². The summed E-state index contributed by atoms with van der Waals surface area (Å²) in [4.78, 5) is 11.0. The molecule has 0 spiro atoms. The minimum absolute atomic E-state index is 0.0139. The van der Waals surface area contributed by atoms with Crippen molar-refractivity contribution in [3.63, 3.8) is 0 Å². The summed E-state index contributed by atoms with van der Waals surface area (Å²) in [6, 6.07) is 7.25. The molecular formula is C18H19Cl2NO7S. The van der Waals surface area contributed by atoms with E-state index in [1.165, 1.54) is 27.4 Å². The van der Waals surface area contributed by atoms with Gasteiger partial charge in [-0.1, -0.05) is 29.3 Å². The Hall–Kier alpha value is -2.20. The Morgan fingerprint density at radius 3 is 2.24 bits per heavy atom. The predicted octanol–water partition coefficient (Wildman–Crippen LogP) is 3.29. The van der Waals surface area contributed by atoms with Gasteiger partial charge in [-0.2, -0.15) is 4.31 Å². The van der Waals surface area contributed by atoms with Gasteiger partial charge in [0.25, 0.3) is 0 Å². The van der Waals surface area contributed by atoms with Crippen LogP contribution in [0.2, 0.25) is 10.0 Å². The molecule has 0 heterocycles. The van der Waals surface area contributed by atoms with Gasteiger partial charge in [-0.05, 0) is 29.8 Å². The summed E-state index contributed by atoms with van der Waals surface area (Å²) in [5, 5.41) is 9.31. The summed E-state index contributed by atoms with van der Waals surface area (Å²) >= 11 is 12.0. The van der Waals surface area contributed by atoms with E-state index in [1.54, 1.807) is 18.2 Å². The number of carbonyl (C=O) groups is 1. The lowest BCUT2D eigenvalue weighted by atomic mass is 10.2. The highest BCUT2D eigenvalue weighted by molar-refractivity contribution is 7.89. The second kappa shape index (κ2) is 9.53. The van der Waals surface area contributed by atoms with Crippen molar-refractivity contribution < 1.29 is 32.5 Å². The highest BCUT2D eigenvalue weighted by atomic mass is 35.5. The van der Waals surface area contributed by atoms with Crippen molar-refractivity contribution in [2.75, 3.05) is 27.9 Å². The minimum Gasteiger partial charge on any atom is -0.494 e. The molecule has 8 nitrogen and oxygen atoms in total. The molecule has 0 unspecified atom stereocenters. The molecule has 0 radical (unpaired) electrons. The number of hydrogen-bond acceptors (Lipinski definition) is 6. The molecule has 0 aliphatic rings. The lowest BCUT2D eigenvalue weighted by Crippen LogP contribution is -2.35. The third-order valence-electron chi connectivity index (χ3n) is 3.91. The second-order valence-corrected chi connectivity index (χ2v) is 8.53. The third-order valence-corrected chi connectivity index (χ3v) is 6.21. The molecule has 0 fully saturated rings. The fourth-order valence-corrected chi connectivity index (χ4v) is 4.90. The number of hydrogen-bond donors (Lipinski definition) is 1. The lowest BCUT2D eigenvalue weighted by molar-refractivity contribution is -0.137.